The first-order valence-corrected chi connectivity index (χ1v) is 10.5. The number of hydrogen-bond acceptors (Lipinski definition) is 5. The first-order valence-electron chi connectivity index (χ1n) is 10.1. The maximum absolute atomic E-state index is 11.4. The van der Waals surface area contributed by atoms with Crippen LogP contribution in [0.2, 0.25) is 5.02 Å². The summed E-state index contributed by atoms with van der Waals surface area (Å²) in [6, 6.07) is 15.6. The third-order valence-electron chi connectivity index (χ3n) is 5.50. The van der Waals surface area contributed by atoms with Crippen molar-refractivity contribution in [2.75, 3.05) is 30.4 Å². The maximum atomic E-state index is 11.4. The van der Waals surface area contributed by atoms with E-state index in [2.05, 4.69) is 39.5 Å². The van der Waals surface area contributed by atoms with Crippen molar-refractivity contribution in [1.29, 1.82) is 0 Å². The number of anilines is 2. The normalized spacial score (nSPS) is 15.0. The molecule has 3 aromatic rings. The van der Waals surface area contributed by atoms with Gasteiger partial charge in [0.1, 0.15) is 5.75 Å². The topological polar surface area (TPSA) is 74.7 Å². The van der Waals surface area contributed by atoms with Gasteiger partial charge >= 0.3 is 5.97 Å². The smallest absolute Gasteiger partial charge is 0.337 e. The number of carboxylic acids is 1. The molecular formula is C24H24ClN3O3. The molecule has 160 valence electrons. The number of fused-ring (bicyclic) bond motifs is 1. The Morgan fingerprint density at radius 3 is 2.97 bits per heavy atom. The number of halogens is 1. The predicted molar refractivity (Wildman–Crippen MR) is 123 cm³/mol. The number of aromatic nitrogens is 1. The first kappa shape index (κ1) is 21.0. The summed E-state index contributed by atoms with van der Waals surface area (Å²) >= 11 is 6.11. The van der Waals surface area contributed by atoms with Crippen molar-refractivity contribution in [2.24, 2.45) is 0 Å². The number of benzene rings is 2. The molecule has 0 spiro atoms. The molecular weight excluding hydrogens is 414 g/mol. The lowest BCUT2D eigenvalue weighted by Crippen LogP contribution is -2.22. The second-order valence-electron chi connectivity index (χ2n) is 7.65. The molecule has 1 aliphatic rings. The SMILES string of the molecule is CN(Cc1cccc(Cl)c1)c1ccc2c(c1)OCC[C@H]2CNc1cnccc1C(=O)O. The van der Waals surface area contributed by atoms with E-state index in [1.54, 1.807) is 6.20 Å². The number of hydrogen-bond donors (Lipinski definition) is 2. The molecule has 2 aromatic carbocycles. The van der Waals surface area contributed by atoms with E-state index in [4.69, 9.17) is 16.3 Å². The Morgan fingerprint density at radius 2 is 2.16 bits per heavy atom. The van der Waals surface area contributed by atoms with Gasteiger partial charge in [-0.25, -0.2) is 4.79 Å². The second kappa shape index (κ2) is 9.27. The van der Waals surface area contributed by atoms with Gasteiger partial charge < -0.3 is 20.1 Å². The van der Waals surface area contributed by atoms with Crippen molar-refractivity contribution in [3.05, 3.63) is 82.6 Å². The maximum Gasteiger partial charge on any atom is 0.337 e. The zero-order chi connectivity index (χ0) is 21.8. The highest BCUT2D eigenvalue weighted by molar-refractivity contribution is 6.30. The van der Waals surface area contributed by atoms with E-state index in [-0.39, 0.29) is 11.5 Å². The van der Waals surface area contributed by atoms with Gasteiger partial charge in [0.15, 0.2) is 0 Å². The molecule has 0 amide bonds. The van der Waals surface area contributed by atoms with Crippen LogP contribution in [0.3, 0.4) is 0 Å². The molecule has 0 aliphatic carbocycles. The number of rotatable bonds is 7. The van der Waals surface area contributed by atoms with Gasteiger partial charge in [-0.3, -0.25) is 4.98 Å². The summed E-state index contributed by atoms with van der Waals surface area (Å²) in [6.45, 7) is 1.98. The quantitative estimate of drug-likeness (QED) is 0.539. The molecule has 1 aromatic heterocycles. The Morgan fingerprint density at radius 1 is 1.29 bits per heavy atom. The van der Waals surface area contributed by atoms with Gasteiger partial charge in [-0.15, -0.1) is 0 Å². The predicted octanol–water partition coefficient (Wildman–Crippen LogP) is 5.05. The number of carboxylic acid groups (broad SMARTS) is 1. The average molecular weight is 438 g/mol. The molecule has 31 heavy (non-hydrogen) atoms. The summed E-state index contributed by atoms with van der Waals surface area (Å²) < 4.78 is 5.95. The van der Waals surface area contributed by atoms with Gasteiger partial charge in [-0.1, -0.05) is 29.8 Å². The zero-order valence-electron chi connectivity index (χ0n) is 17.2. The number of ether oxygens (including phenoxy) is 1. The summed E-state index contributed by atoms with van der Waals surface area (Å²) in [6.07, 6.45) is 3.90. The number of carbonyl (C=O) groups is 1. The van der Waals surface area contributed by atoms with Crippen LogP contribution < -0.4 is 15.0 Å². The van der Waals surface area contributed by atoms with Gasteiger partial charge in [-0.2, -0.15) is 0 Å². The standard InChI is InChI=1S/C24H24ClN3O3/c1-28(15-16-3-2-4-18(25)11-16)19-5-6-20-17(8-10-31-23(20)12-19)13-27-22-14-26-9-7-21(22)24(29)30/h2-7,9,11-12,14,17,27H,8,10,13,15H2,1H3,(H,29,30)/t17-/m0/s1. The van der Waals surface area contributed by atoms with Crippen molar-refractivity contribution in [1.82, 2.24) is 4.98 Å². The number of pyridine rings is 1. The van der Waals surface area contributed by atoms with Crippen molar-refractivity contribution >= 4 is 28.9 Å². The molecule has 2 N–H and O–H groups in total. The van der Waals surface area contributed by atoms with Crippen LogP contribution in [0.1, 0.15) is 33.8 Å². The van der Waals surface area contributed by atoms with Crippen molar-refractivity contribution < 1.29 is 14.6 Å². The van der Waals surface area contributed by atoms with Crippen LogP contribution in [0.15, 0.2) is 60.9 Å². The van der Waals surface area contributed by atoms with Crippen molar-refractivity contribution in [3.63, 3.8) is 0 Å². The Kier molecular flexibility index (Phi) is 6.28. The monoisotopic (exact) mass is 437 g/mol. The van der Waals surface area contributed by atoms with E-state index >= 15 is 0 Å². The fraction of sp³-hybridized carbons (Fsp3) is 0.250. The van der Waals surface area contributed by atoms with E-state index in [9.17, 15) is 9.90 Å². The van der Waals surface area contributed by atoms with Gasteiger partial charge in [0.25, 0.3) is 0 Å². The van der Waals surface area contributed by atoms with E-state index in [0.717, 1.165) is 40.6 Å². The van der Waals surface area contributed by atoms with E-state index in [1.165, 1.54) is 12.3 Å². The van der Waals surface area contributed by atoms with Gasteiger partial charge in [0, 0.05) is 49.0 Å². The fourth-order valence-electron chi connectivity index (χ4n) is 3.86. The van der Waals surface area contributed by atoms with Gasteiger partial charge in [-0.05, 0) is 41.8 Å². The number of aromatic carboxylic acids is 1. The molecule has 0 saturated carbocycles. The zero-order valence-corrected chi connectivity index (χ0v) is 18.0. The first-order chi connectivity index (χ1) is 15.0. The molecule has 0 saturated heterocycles. The third-order valence-corrected chi connectivity index (χ3v) is 5.74. The Labute approximate surface area is 186 Å². The minimum atomic E-state index is -0.968. The van der Waals surface area contributed by atoms with Crippen LogP contribution in [-0.2, 0) is 6.54 Å². The Balaban J connectivity index is 1.48. The van der Waals surface area contributed by atoms with Crippen LogP contribution >= 0.6 is 11.6 Å². The average Bonchev–Trinajstić information content (AvgIpc) is 2.77. The minimum absolute atomic E-state index is 0.220. The highest BCUT2D eigenvalue weighted by atomic mass is 35.5. The molecule has 0 radical (unpaired) electrons. The molecule has 2 heterocycles. The Bertz CT molecular complexity index is 1090. The Hall–Kier alpha value is -3.25. The molecule has 7 heteroatoms. The van der Waals surface area contributed by atoms with Crippen LogP contribution in [0, 0.1) is 0 Å². The number of nitrogens with one attached hydrogen (secondary N) is 1. The van der Waals surface area contributed by atoms with Crippen LogP contribution in [0.25, 0.3) is 0 Å². The lowest BCUT2D eigenvalue weighted by Gasteiger charge is -2.28. The molecule has 0 unspecified atom stereocenters. The highest BCUT2D eigenvalue weighted by Crippen LogP contribution is 2.37. The van der Waals surface area contributed by atoms with E-state index in [0.29, 0.717) is 18.8 Å². The summed E-state index contributed by atoms with van der Waals surface area (Å²) in [5, 5.41) is 13.4. The largest absolute Gasteiger partial charge is 0.493 e. The van der Waals surface area contributed by atoms with Crippen LogP contribution in [0.4, 0.5) is 11.4 Å². The minimum Gasteiger partial charge on any atom is -0.493 e. The summed E-state index contributed by atoms with van der Waals surface area (Å²) in [5.41, 5.74) is 4.08. The van der Waals surface area contributed by atoms with Gasteiger partial charge in [0.05, 0.1) is 24.1 Å². The van der Waals surface area contributed by atoms with E-state index in [1.807, 2.05) is 25.2 Å². The third kappa shape index (κ3) is 4.91. The molecule has 0 bridgehead atoms. The summed E-state index contributed by atoms with van der Waals surface area (Å²) in [5.74, 6) is 0.126. The lowest BCUT2D eigenvalue weighted by atomic mass is 9.92. The van der Waals surface area contributed by atoms with Crippen LogP contribution in [-0.4, -0.2) is 36.3 Å². The summed E-state index contributed by atoms with van der Waals surface area (Å²) in [4.78, 5) is 17.6. The number of nitrogens with zero attached hydrogens (tertiary/aromatic N) is 2. The second-order valence-corrected chi connectivity index (χ2v) is 8.09. The molecule has 6 nitrogen and oxygen atoms in total. The summed E-state index contributed by atoms with van der Waals surface area (Å²) in [7, 11) is 2.04. The van der Waals surface area contributed by atoms with Crippen molar-refractivity contribution in [2.45, 2.75) is 18.9 Å². The van der Waals surface area contributed by atoms with E-state index < -0.39 is 5.97 Å². The highest BCUT2D eigenvalue weighted by Gasteiger charge is 2.23. The van der Waals surface area contributed by atoms with Gasteiger partial charge in [0.2, 0.25) is 0 Å². The molecule has 0 fully saturated rings. The fourth-order valence-corrected chi connectivity index (χ4v) is 4.07. The molecule has 1 atom stereocenters. The van der Waals surface area contributed by atoms with Crippen molar-refractivity contribution in [3.8, 4) is 5.75 Å². The molecule has 4 rings (SSSR count). The lowest BCUT2D eigenvalue weighted by molar-refractivity contribution is 0.0697. The van der Waals surface area contributed by atoms with Crippen LogP contribution in [0.5, 0.6) is 5.75 Å². The molecule has 1 aliphatic heterocycles.